The molecular formula is C19H23N3O4S. The van der Waals surface area contributed by atoms with Gasteiger partial charge in [-0.25, -0.2) is 13.6 Å². The zero-order valence-corrected chi connectivity index (χ0v) is 16.1. The number of primary sulfonamides is 1. The predicted molar refractivity (Wildman–Crippen MR) is 104 cm³/mol. The zero-order valence-electron chi connectivity index (χ0n) is 15.3. The van der Waals surface area contributed by atoms with Crippen LogP contribution in [0.1, 0.15) is 18.1 Å². The van der Waals surface area contributed by atoms with Gasteiger partial charge in [-0.2, -0.15) is 0 Å². The first-order valence-corrected chi connectivity index (χ1v) is 9.93. The molecule has 8 heteroatoms. The maximum atomic E-state index is 12.2. The Labute approximate surface area is 159 Å². The van der Waals surface area contributed by atoms with Gasteiger partial charge in [0, 0.05) is 19.2 Å². The van der Waals surface area contributed by atoms with Crippen molar-refractivity contribution < 1.29 is 18.0 Å². The van der Waals surface area contributed by atoms with Gasteiger partial charge in [0.1, 0.15) is 0 Å². The summed E-state index contributed by atoms with van der Waals surface area (Å²) in [6, 6.07) is 13.5. The molecule has 0 aliphatic heterocycles. The maximum Gasteiger partial charge on any atom is 0.243 e. The van der Waals surface area contributed by atoms with Crippen LogP contribution < -0.4 is 10.5 Å². The van der Waals surface area contributed by atoms with E-state index in [0.717, 1.165) is 11.1 Å². The van der Waals surface area contributed by atoms with Crippen LogP contribution in [0.15, 0.2) is 53.4 Å². The lowest BCUT2D eigenvalue weighted by Crippen LogP contribution is -2.38. The van der Waals surface area contributed by atoms with E-state index < -0.39 is 10.0 Å². The van der Waals surface area contributed by atoms with Crippen molar-refractivity contribution >= 4 is 27.5 Å². The van der Waals surface area contributed by atoms with Crippen molar-refractivity contribution in [3.8, 4) is 0 Å². The number of benzene rings is 2. The number of aryl methyl sites for hydroxylation is 1. The van der Waals surface area contributed by atoms with E-state index in [-0.39, 0.29) is 23.3 Å². The van der Waals surface area contributed by atoms with E-state index in [9.17, 15) is 18.0 Å². The number of hydrogen-bond donors (Lipinski definition) is 2. The number of carbonyl (C=O) groups excluding carboxylic acids is 2. The summed E-state index contributed by atoms with van der Waals surface area (Å²) in [6.45, 7) is 3.64. The molecule has 0 heterocycles. The van der Waals surface area contributed by atoms with Gasteiger partial charge in [0.05, 0.1) is 11.4 Å². The SMILES string of the molecule is CC(=O)N(CCc1ccc(S(N)(=O)=O)cc1)CC(=O)Nc1ccc(C)cc1. The number of nitrogens with zero attached hydrogens (tertiary/aromatic N) is 1. The summed E-state index contributed by atoms with van der Waals surface area (Å²) in [5, 5.41) is 7.83. The predicted octanol–water partition coefficient (Wildman–Crippen LogP) is 1.67. The smallest absolute Gasteiger partial charge is 0.243 e. The topological polar surface area (TPSA) is 110 Å². The Hall–Kier alpha value is -2.71. The highest BCUT2D eigenvalue weighted by molar-refractivity contribution is 7.89. The second-order valence-electron chi connectivity index (χ2n) is 6.29. The van der Waals surface area contributed by atoms with Gasteiger partial charge in [-0.05, 0) is 43.2 Å². The van der Waals surface area contributed by atoms with E-state index in [0.29, 0.717) is 18.7 Å². The highest BCUT2D eigenvalue weighted by Gasteiger charge is 2.14. The van der Waals surface area contributed by atoms with Crippen molar-refractivity contribution in [2.75, 3.05) is 18.4 Å². The van der Waals surface area contributed by atoms with Crippen LogP contribution in [0.4, 0.5) is 5.69 Å². The molecule has 0 aromatic heterocycles. The van der Waals surface area contributed by atoms with Crippen molar-refractivity contribution in [1.29, 1.82) is 0 Å². The first-order valence-electron chi connectivity index (χ1n) is 8.39. The molecule has 2 aromatic carbocycles. The first-order chi connectivity index (χ1) is 12.6. The van der Waals surface area contributed by atoms with E-state index >= 15 is 0 Å². The van der Waals surface area contributed by atoms with Crippen LogP contribution in [-0.4, -0.2) is 38.2 Å². The van der Waals surface area contributed by atoms with E-state index in [1.807, 2.05) is 19.1 Å². The Bertz CT molecular complexity index is 907. The monoisotopic (exact) mass is 389 g/mol. The highest BCUT2D eigenvalue weighted by Crippen LogP contribution is 2.11. The third-order valence-corrected chi connectivity index (χ3v) is 4.97. The van der Waals surface area contributed by atoms with Gasteiger partial charge in [0.15, 0.2) is 0 Å². The minimum Gasteiger partial charge on any atom is -0.333 e. The zero-order chi connectivity index (χ0) is 20.0. The summed E-state index contributed by atoms with van der Waals surface area (Å²) in [6.07, 6.45) is 0.488. The summed E-state index contributed by atoms with van der Waals surface area (Å²) in [7, 11) is -3.73. The third-order valence-electron chi connectivity index (χ3n) is 4.04. The molecule has 3 N–H and O–H groups in total. The number of rotatable bonds is 7. The van der Waals surface area contributed by atoms with Gasteiger partial charge >= 0.3 is 0 Å². The molecule has 2 aromatic rings. The third kappa shape index (κ3) is 6.50. The van der Waals surface area contributed by atoms with Crippen molar-refractivity contribution in [3.05, 3.63) is 59.7 Å². The Morgan fingerprint density at radius 2 is 1.63 bits per heavy atom. The molecule has 144 valence electrons. The van der Waals surface area contributed by atoms with Gasteiger partial charge in [-0.3, -0.25) is 9.59 Å². The van der Waals surface area contributed by atoms with Gasteiger partial charge in [0.2, 0.25) is 21.8 Å². The maximum absolute atomic E-state index is 12.2. The lowest BCUT2D eigenvalue weighted by molar-refractivity contribution is -0.132. The van der Waals surface area contributed by atoms with E-state index in [2.05, 4.69) is 5.32 Å². The Morgan fingerprint density at radius 1 is 1.04 bits per heavy atom. The number of anilines is 1. The molecule has 0 aliphatic carbocycles. The summed E-state index contributed by atoms with van der Waals surface area (Å²) >= 11 is 0. The van der Waals surface area contributed by atoms with E-state index in [1.54, 1.807) is 24.3 Å². The number of nitrogens with two attached hydrogens (primary N) is 1. The lowest BCUT2D eigenvalue weighted by atomic mass is 10.1. The minimum atomic E-state index is -3.73. The van der Waals surface area contributed by atoms with Gasteiger partial charge < -0.3 is 10.2 Å². The number of carbonyl (C=O) groups is 2. The van der Waals surface area contributed by atoms with Crippen LogP contribution in [0, 0.1) is 6.92 Å². The molecule has 0 spiro atoms. The number of nitrogens with one attached hydrogen (secondary N) is 1. The Morgan fingerprint density at radius 3 is 2.15 bits per heavy atom. The van der Waals surface area contributed by atoms with Crippen LogP contribution in [0.5, 0.6) is 0 Å². The van der Waals surface area contributed by atoms with Crippen LogP contribution >= 0.6 is 0 Å². The summed E-state index contributed by atoms with van der Waals surface area (Å²) in [5.41, 5.74) is 2.60. The molecule has 0 radical (unpaired) electrons. The Kier molecular flexibility index (Phi) is 6.70. The molecule has 2 rings (SSSR count). The number of hydrogen-bond acceptors (Lipinski definition) is 4. The van der Waals surface area contributed by atoms with Crippen molar-refractivity contribution in [2.24, 2.45) is 5.14 Å². The van der Waals surface area contributed by atoms with E-state index in [4.69, 9.17) is 5.14 Å². The fourth-order valence-corrected chi connectivity index (χ4v) is 2.98. The molecule has 0 bridgehead atoms. The molecule has 0 atom stereocenters. The van der Waals surface area contributed by atoms with E-state index in [1.165, 1.54) is 24.0 Å². The minimum absolute atomic E-state index is 0.0344. The standard InChI is InChI=1S/C19H23N3O4S/c1-14-3-7-17(8-4-14)21-19(24)13-22(15(2)23)12-11-16-5-9-18(10-6-16)27(20,25)26/h3-10H,11-13H2,1-2H3,(H,21,24)(H2,20,25,26). The Balaban J connectivity index is 1.94. The quantitative estimate of drug-likeness (QED) is 0.750. The van der Waals surface area contributed by atoms with Crippen LogP contribution in [0.25, 0.3) is 0 Å². The molecule has 7 nitrogen and oxygen atoms in total. The normalized spacial score (nSPS) is 11.1. The fourth-order valence-electron chi connectivity index (χ4n) is 2.47. The molecule has 0 unspecified atom stereocenters. The first kappa shape index (κ1) is 20.6. The summed E-state index contributed by atoms with van der Waals surface area (Å²) in [5.74, 6) is -0.492. The average molecular weight is 389 g/mol. The number of sulfonamides is 1. The molecule has 27 heavy (non-hydrogen) atoms. The van der Waals surface area contributed by atoms with Crippen molar-refractivity contribution in [2.45, 2.75) is 25.2 Å². The van der Waals surface area contributed by atoms with Crippen molar-refractivity contribution in [1.82, 2.24) is 4.90 Å². The van der Waals surface area contributed by atoms with Crippen LogP contribution in [0.3, 0.4) is 0 Å². The summed E-state index contributed by atoms with van der Waals surface area (Å²) in [4.78, 5) is 25.5. The number of amides is 2. The molecule has 0 fully saturated rings. The highest BCUT2D eigenvalue weighted by atomic mass is 32.2. The second kappa shape index (κ2) is 8.79. The fraction of sp³-hybridized carbons (Fsp3) is 0.263. The largest absolute Gasteiger partial charge is 0.333 e. The lowest BCUT2D eigenvalue weighted by Gasteiger charge is -2.20. The molecule has 0 saturated carbocycles. The van der Waals surface area contributed by atoms with Crippen LogP contribution in [0.2, 0.25) is 0 Å². The van der Waals surface area contributed by atoms with Gasteiger partial charge in [-0.15, -0.1) is 0 Å². The van der Waals surface area contributed by atoms with Crippen molar-refractivity contribution in [3.63, 3.8) is 0 Å². The van der Waals surface area contributed by atoms with Crippen LogP contribution in [-0.2, 0) is 26.0 Å². The second-order valence-corrected chi connectivity index (χ2v) is 7.86. The molecule has 0 saturated heterocycles. The average Bonchev–Trinajstić information content (AvgIpc) is 2.60. The van der Waals surface area contributed by atoms with Gasteiger partial charge in [0.25, 0.3) is 0 Å². The molecule has 2 amide bonds. The molecule has 0 aliphatic rings. The summed E-state index contributed by atoms with van der Waals surface area (Å²) < 4.78 is 22.5. The van der Waals surface area contributed by atoms with Gasteiger partial charge in [-0.1, -0.05) is 29.8 Å². The molecular weight excluding hydrogens is 366 g/mol.